The van der Waals surface area contributed by atoms with Gasteiger partial charge < -0.3 is 4.42 Å². The van der Waals surface area contributed by atoms with Crippen LogP contribution in [-0.2, 0) is 6.42 Å². The van der Waals surface area contributed by atoms with Crippen molar-refractivity contribution in [1.29, 1.82) is 0 Å². The maximum Gasteiger partial charge on any atom is 0.143 e. The van der Waals surface area contributed by atoms with E-state index in [1.165, 1.54) is 55.6 Å². The highest BCUT2D eigenvalue weighted by atomic mass is 16.3. The fourth-order valence-corrected chi connectivity index (χ4v) is 6.94. The maximum atomic E-state index is 6.32. The topological polar surface area (TPSA) is 13.1 Å². The largest absolute Gasteiger partial charge is 0.455 e. The predicted octanol–water partition coefficient (Wildman–Crippen LogP) is 11.8. The monoisotopic (exact) mass is 560 g/mol. The highest BCUT2D eigenvalue weighted by molar-refractivity contribution is 6.09. The summed E-state index contributed by atoms with van der Waals surface area (Å²) in [5.41, 5.74) is 17.2. The van der Waals surface area contributed by atoms with Gasteiger partial charge in [-0.25, -0.2) is 0 Å². The van der Waals surface area contributed by atoms with Gasteiger partial charge in [0.05, 0.1) is 0 Å². The van der Waals surface area contributed by atoms with E-state index in [4.69, 9.17) is 4.42 Å². The standard InChI is InChI=1S/C43H28O/c1-3-10-28(11-4-1)34-26-38(30-12-5-2-6-13-30)40-25-33-23-22-32(24-39(33)41(40)27-34)29-18-20-31(21-19-29)35-15-9-16-37-36-14-7-8-17-42(36)44-43(35)37/h1-24,26-27H,25H2. The molecule has 1 aromatic heterocycles. The molecule has 1 heteroatoms. The van der Waals surface area contributed by atoms with Crippen molar-refractivity contribution < 1.29 is 4.42 Å². The number of hydrogen-bond donors (Lipinski definition) is 0. The number of furan rings is 1. The summed E-state index contributed by atoms with van der Waals surface area (Å²) in [4.78, 5) is 0. The third-order valence-corrected chi connectivity index (χ3v) is 9.14. The van der Waals surface area contributed by atoms with Crippen LogP contribution in [0.15, 0.2) is 162 Å². The van der Waals surface area contributed by atoms with E-state index in [2.05, 4.69) is 146 Å². The number of benzene rings is 7. The third kappa shape index (κ3) is 4.01. The Morgan fingerprint density at radius 1 is 0.364 bits per heavy atom. The SMILES string of the molecule is c1ccc(-c2cc(-c3ccccc3)c3c(c2)-c2cc(-c4ccc(-c5cccc6c5oc5ccccc56)cc4)ccc2C3)cc1. The summed E-state index contributed by atoms with van der Waals surface area (Å²) in [6.07, 6.45) is 0.949. The highest BCUT2D eigenvalue weighted by Crippen LogP contribution is 2.46. The van der Waals surface area contributed by atoms with Gasteiger partial charge in [0.15, 0.2) is 0 Å². The van der Waals surface area contributed by atoms with Gasteiger partial charge in [-0.15, -0.1) is 0 Å². The number of rotatable bonds is 4. The molecule has 0 unspecified atom stereocenters. The van der Waals surface area contributed by atoms with Gasteiger partial charge in [-0.2, -0.15) is 0 Å². The summed E-state index contributed by atoms with van der Waals surface area (Å²) in [5, 5.41) is 2.31. The van der Waals surface area contributed by atoms with Crippen LogP contribution in [0.1, 0.15) is 11.1 Å². The molecule has 0 bridgehead atoms. The van der Waals surface area contributed by atoms with E-state index in [0.29, 0.717) is 0 Å². The summed E-state index contributed by atoms with van der Waals surface area (Å²) in [5.74, 6) is 0. The summed E-state index contributed by atoms with van der Waals surface area (Å²) >= 11 is 0. The molecule has 8 aromatic rings. The quantitative estimate of drug-likeness (QED) is 0.209. The molecule has 1 nitrogen and oxygen atoms in total. The Bertz CT molecular complexity index is 2320. The van der Waals surface area contributed by atoms with Crippen molar-refractivity contribution in [2.75, 3.05) is 0 Å². The maximum absolute atomic E-state index is 6.32. The van der Waals surface area contributed by atoms with Crippen molar-refractivity contribution >= 4 is 21.9 Å². The normalized spacial score (nSPS) is 12.0. The minimum Gasteiger partial charge on any atom is -0.455 e. The van der Waals surface area contributed by atoms with Gasteiger partial charge in [0.25, 0.3) is 0 Å². The van der Waals surface area contributed by atoms with Crippen LogP contribution in [-0.4, -0.2) is 0 Å². The van der Waals surface area contributed by atoms with E-state index in [9.17, 15) is 0 Å². The summed E-state index contributed by atoms with van der Waals surface area (Å²) in [6.45, 7) is 0. The minimum atomic E-state index is 0.927. The van der Waals surface area contributed by atoms with Crippen LogP contribution in [0, 0.1) is 0 Å². The lowest BCUT2D eigenvalue weighted by molar-refractivity contribution is 0.670. The second-order valence-corrected chi connectivity index (χ2v) is 11.7. The van der Waals surface area contributed by atoms with Crippen molar-refractivity contribution in [3.63, 3.8) is 0 Å². The van der Waals surface area contributed by atoms with E-state index >= 15 is 0 Å². The van der Waals surface area contributed by atoms with Crippen molar-refractivity contribution in [2.45, 2.75) is 6.42 Å². The molecule has 9 rings (SSSR count). The van der Waals surface area contributed by atoms with E-state index in [0.717, 1.165) is 39.5 Å². The molecule has 0 N–H and O–H groups in total. The zero-order chi connectivity index (χ0) is 29.0. The lowest BCUT2D eigenvalue weighted by Gasteiger charge is -2.13. The average molecular weight is 561 g/mol. The molecule has 44 heavy (non-hydrogen) atoms. The first-order chi connectivity index (χ1) is 21.8. The van der Waals surface area contributed by atoms with Crippen LogP contribution < -0.4 is 0 Å². The Labute approximate surface area is 256 Å². The molecule has 0 amide bonds. The van der Waals surface area contributed by atoms with Gasteiger partial charge in [0.1, 0.15) is 11.2 Å². The van der Waals surface area contributed by atoms with Crippen LogP contribution in [0.3, 0.4) is 0 Å². The molecule has 0 aliphatic heterocycles. The van der Waals surface area contributed by atoms with Crippen molar-refractivity contribution in [1.82, 2.24) is 0 Å². The molecule has 1 aliphatic carbocycles. The molecule has 1 aliphatic rings. The summed E-state index contributed by atoms with van der Waals surface area (Å²) < 4.78 is 6.32. The molecule has 0 fully saturated rings. The Kier molecular flexibility index (Phi) is 5.64. The summed E-state index contributed by atoms with van der Waals surface area (Å²) in [6, 6.07) is 56.9. The van der Waals surface area contributed by atoms with Crippen molar-refractivity contribution in [3.05, 3.63) is 169 Å². The van der Waals surface area contributed by atoms with E-state index < -0.39 is 0 Å². The Morgan fingerprint density at radius 2 is 0.955 bits per heavy atom. The molecule has 206 valence electrons. The Balaban J connectivity index is 1.13. The van der Waals surface area contributed by atoms with Crippen LogP contribution in [0.25, 0.3) is 77.6 Å². The molecule has 7 aromatic carbocycles. The van der Waals surface area contributed by atoms with E-state index in [1.54, 1.807) is 0 Å². The molecular weight excluding hydrogens is 532 g/mol. The Morgan fingerprint density at radius 3 is 1.77 bits per heavy atom. The van der Waals surface area contributed by atoms with Crippen LogP contribution >= 0.6 is 0 Å². The van der Waals surface area contributed by atoms with Crippen LogP contribution in [0.4, 0.5) is 0 Å². The lowest BCUT2D eigenvalue weighted by atomic mass is 9.90. The minimum absolute atomic E-state index is 0.927. The first-order valence-electron chi connectivity index (χ1n) is 15.2. The summed E-state index contributed by atoms with van der Waals surface area (Å²) in [7, 11) is 0. The molecule has 0 radical (unpaired) electrons. The number of hydrogen-bond acceptors (Lipinski definition) is 1. The smallest absolute Gasteiger partial charge is 0.143 e. The zero-order valence-electron chi connectivity index (χ0n) is 24.1. The fourth-order valence-electron chi connectivity index (χ4n) is 6.94. The third-order valence-electron chi connectivity index (χ3n) is 9.14. The van der Waals surface area contributed by atoms with Gasteiger partial charge in [-0.3, -0.25) is 0 Å². The lowest BCUT2D eigenvalue weighted by Crippen LogP contribution is -1.90. The molecule has 1 heterocycles. The van der Waals surface area contributed by atoms with Crippen LogP contribution in [0.5, 0.6) is 0 Å². The van der Waals surface area contributed by atoms with Gasteiger partial charge in [-0.05, 0) is 91.9 Å². The number of fused-ring (bicyclic) bond motifs is 6. The second kappa shape index (κ2) is 9.97. The first kappa shape index (κ1) is 24.9. The molecule has 0 saturated heterocycles. The van der Waals surface area contributed by atoms with Gasteiger partial charge >= 0.3 is 0 Å². The van der Waals surface area contributed by atoms with Crippen molar-refractivity contribution in [2.24, 2.45) is 0 Å². The van der Waals surface area contributed by atoms with E-state index in [1.807, 2.05) is 12.1 Å². The predicted molar refractivity (Wildman–Crippen MR) is 184 cm³/mol. The van der Waals surface area contributed by atoms with Gasteiger partial charge in [-0.1, -0.05) is 133 Å². The van der Waals surface area contributed by atoms with E-state index in [-0.39, 0.29) is 0 Å². The van der Waals surface area contributed by atoms with Crippen molar-refractivity contribution in [3.8, 4) is 55.6 Å². The van der Waals surface area contributed by atoms with Gasteiger partial charge in [0.2, 0.25) is 0 Å². The van der Waals surface area contributed by atoms with Gasteiger partial charge in [0, 0.05) is 16.3 Å². The second-order valence-electron chi connectivity index (χ2n) is 11.7. The molecule has 0 saturated carbocycles. The zero-order valence-corrected chi connectivity index (χ0v) is 24.1. The molecular formula is C43H28O. The number of para-hydroxylation sites is 2. The molecule has 0 atom stereocenters. The highest BCUT2D eigenvalue weighted by Gasteiger charge is 2.24. The Hall–Kier alpha value is -5.66. The average Bonchev–Trinajstić information content (AvgIpc) is 3.67. The molecule has 0 spiro atoms. The first-order valence-corrected chi connectivity index (χ1v) is 15.2. The van der Waals surface area contributed by atoms with Crippen LogP contribution in [0.2, 0.25) is 0 Å². The fraction of sp³-hybridized carbons (Fsp3) is 0.0233.